The van der Waals surface area contributed by atoms with Gasteiger partial charge in [-0.3, -0.25) is 0 Å². The molecule has 4 nitrogen and oxygen atoms in total. The van der Waals surface area contributed by atoms with E-state index in [4.69, 9.17) is 4.74 Å². The number of phenols is 1. The summed E-state index contributed by atoms with van der Waals surface area (Å²) in [5, 5.41) is 13.0. The molecule has 0 saturated carbocycles. The zero-order valence-electron chi connectivity index (χ0n) is 19.5. The molecule has 0 saturated heterocycles. The van der Waals surface area contributed by atoms with E-state index >= 15 is 0 Å². The Morgan fingerprint density at radius 1 is 0.875 bits per heavy atom. The quantitative estimate of drug-likeness (QED) is 0.376. The lowest BCUT2D eigenvalue weighted by molar-refractivity contribution is -0.129. The first-order valence-corrected chi connectivity index (χ1v) is 10.8. The molecule has 1 aliphatic heterocycles. The summed E-state index contributed by atoms with van der Waals surface area (Å²) in [5.41, 5.74) is 3.00. The van der Waals surface area contributed by atoms with E-state index < -0.39 is 5.97 Å². The summed E-state index contributed by atoms with van der Waals surface area (Å²) >= 11 is 0. The molecule has 4 heteroatoms. The fourth-order valence-corrected chi connectivity index (χ4v) is 3.98. The highest BCUT2D eigenvalue weighted by molar-refractivity contribution is 6.17. The van der Waals surface area contributed by atoms with E-state index in [1.165, 1.54) is 0 Å². The van der Waals surface area contributed by atoms with Crippen LogP contribution in [0.2, 0.25) is 0 Å². The summed E-state index contributed by atoms with van der Waals surface area (Å²) in [6, 6.07) is 17.7. The Morgan fingerprint density at radius 3 is 2.09 bits per heavy atom. The third kappa shape index (κ3) is 4.05. The van der Waals surface area contributed by atoms with Gasteiger partial charge < -0.3 is 9.84 Å². The second-order valence-corrected chi connectivity index (χ2v) is 10.3. The van der Waals surface area contributed by atoms with E-state index in [0.717, 1.165) is 33.0 Å². The van der Waals surface area contributed by atoms with Crippen LogP contribution in [0.25, 0.3) is 16.8 Å². The highest BCUT2D eigenvalue weighted by Gasteiger charge is 2.28. The standard InChI is InChI=1S/C28H29NO3/c1-27(2,3)21-14-17(15-22(24(21)30)28(4,5)6)16-23-26(31)32-25(29-23)20-13-9-11-18-10-7-8-12-19(18)20/h7-16,30H,1-6H3. The number of phenolic OH excluding ortho intramolecular Hbond substituents is 1. The maximum absolute atomic E-state index is 12.7. The summed E-state index contributed by atoms with van der Waals surface area (Å²) < 4.78 is 5.55. The maximum atomic E-state index is 12.7. The molecule has 0 aliphatic carbocycles. The molecule has 0 radical (unpaired) electrons. The van der Waals surface area contributed by atoms with Crippen LogP contribution in [-0.4, -0.2) is 17.0 Å². The average molecular weight is 428 g/mol. The van der Waals surface area contributed by atoms with Crippen LogP contribution in [0.3, 0.4) is 0 Å². The van der Waals surface area contributed by atoms with E-state index in [1.54, 1.807) is 6.08 Å². The number of cyclic esters (lactones) is 1. The van der Waals surface area contributed by atoms with E-state index in [-0.39, 0.29) is 16.5 Å². The fraction of sp³-hybridized carbons (Fsp3) is 0.286. The van der Waals surface area contributed by atoms with E-state index in [1.807, 2.05) is 54.6 Å². The van der Waals surface area contributed by atoms with Crippen molar-refractivity contribution in [3.8, 4) is 5.75 Å². The van der Waals surface area contributed by atoms with Crippen molar-refractivity contribution in [3.63, 3.8) is 0 Å². The third-order valence-electron chi connectivity index (χ3n) is 5.69. The highest BCUT2D eigenvalue weighted by Crippen LogP contribution is 2.40. The summed E-state index contributed by atoms with van der Waals surface area (Å²) in [6.45, 7) is 12.4. The molecule has 1 aliphatic rings. The van der Waals surface area contributed by atoms with Gasteiger partial charge in [-0.15, -0.1) is 0 Å². The maximum Gasteiger partial charge on any atom is 0.363 e. The Labute approximate surface area is 189 Å². The van der Waals surface area contributed by atoms with Crippen molar-refractivity contribution in [1.29, 1.82) is 0 Å². The number of hydrogen-bond donors (Lipinski definition) is 1. The molecule has 164 valence electrons. The Morgan fingerprint density at radius 2 is 1.47 bits per heavy atom. The topological polar surface area (TPSA) is 58.9 Å². The number of carbonyl (C=O) groups excluding carboxylic acids is 1. The number of fused-ring (bicyclic) bond motifs is 1. The molecule has 0 unspecified atom stereocenters. The second kappa shape index (κ2) is 7.63. The van der Waals surface area contributed by atoms with Crippen molar-refractivity contribution in [2.24, 2.45) is 4.99 Å². The normalized spacial score (nSPS) is 15.9. The van der Waals surface area contributed by atoms with Crippen molar-refractivity contribution in [2.75, 3.05) is 0 Å². The average Bonchev–Trinajstić information content (AvgIpc) is 3.07. The first kappa shape index (κ1) is 21.8. The molecule has 3 aromatic rings. The number of benzene rings is 3. The van der Waals surface area contributed by atoms with Gasteiger partial charge in [0.15, 0.2) is 5.70 Å². The Bertz CT molecular complexity index is 1240. The lowest BCUT2D eigenvalue weighted by atomic mass is 9.78. The number of rotatable bonds is 2. The van der Waals surface area contributed by atoms with Gasteiger partial charge in [0.25, 0.3) is 0 Å². The monoisotopic (exact) mass is 427 g/mol. The van der Waals surface area contributed by atoms with E-state index in [0.29, 0.717) is 11.6 Å². The summed E-state index contributed by atoms with van der Waals surface area (Å²) in [4.78, 5) is 17.2. The third-order valence-corrected chi connectivity index (χ3v) is 5.69. The molecule has 1 heterocycles. The Kier molecular flexibility index (Phi) is 5.20. The summed E-state index contributed by atoms with van der Waals surface area (Å²) in [5.74, 6) is 0.139. The van der Waals surface area contributed by atoms with Gasteiger partial charge in [-0.1, -0.05) is 77.9 Å². The van der Waals surface area contributed by atoms with Crippen LogP contribution < -0.4 is 0 Å². The number of nitrogens with zero attached hydrogens (tertiary/aromatic N) is 1. The summed E-state index contributed by atoms with van der Waals surface area (Å²) in [7, 11) is 0. The van der Waals surface area contributed by atoms with E-state index in [9.17, 15) is 9.90 Å². The summed E-state index contributed by atoms with van der Waals surface area (Å²) in [6.07, 6.45) is 1.74. The molecule has 3 aromatic carbocycles. The first-order chi connectivity index (χ1) is 14.9. The minimum atomic E-state index is -0.476. The van der Waals surface area contributed by atoms with Crippen molar-refractivity contribution >= 4 is 28.7 Å². The molecule has 0 amide bonds. The SMILES string of the molecule is CC(C)(C)c1cc(C=C2N=C(c3cccc4ccccc34)OC2=O)cc(C(C)(C)C)c1O. The van der Waals surface area contributed by atoms with Crippen LogP contribution >= 0.6 is 0 Å². The minimum Gasteiger partial charge on any atom is -0.507 e. The van der Waals surface area contributed by atoms with Gasteiger partial charge in [-0.05, 0) is 51.4 Å². The van der Waals surface area contributed by atoms with Crippen molar-refractivity contribution < 1.29 is 14.6 Å². The molecule has 0 aromatic heterocycles. The largest absolute Gasteiger partial charge is 0.507 e. The Hall–Kier alpha value is -3.40. The van der Waals surface area contributed by atoms with Gasteiger partial charge in [0.05, 0.1) is 0 Å². The lowest BCUT2D eigenvalue weighted by Crippen LogP contribution is -2.17. The molecule has 4 rings (SSSR count). The van der Waals surface area contributed by atoms with Gasteiger partial charge in [-0.2, -0.15) is 0 Å². The van der Waals surface area contributed by atoms with Crippen molar-refractivity contribution in [1.82, 2.24) is 0 Å². The number of hydrogen-bond acceptors (Lipinski definition) is 4. The first-order valence-electron chi connectivity index (χ1n) is 10.8. The molecule has 0 spiro atoms. The zero-order valence-corrected chi connectivity index (χ0v) is 19.5. The second-order valence-electron chi connectivity index (χ2n) is 10.3. The van der Waals surface area contributed by atoms with Crippen molar-refractivity contribution in [3.05, 3.63) is 82.5 Å². The van der Waals surface area contributed by atoms with Crippen LogP contribution in [0.5, 0.6) is 5.75 Å². The highest BCUT2D eigenvalue weighted by atomic mass is 16.6. The smallest absolute Gasteiger partial charge is 0.363 e. The number of aromatic hydroxyl groups is 1. The minimum absolute atomic E-state index is 0.248. The number of ether oxygens (including phenoxy) is 1. The molecule has 0 atom stereocenters. The van der Waals surface area contributed by atoms with Crippen molar-refractivity contribution in [2.45, 2.75) is 52.4 Å². The molecule has 0 bridgehead atoms. The van der Waals surface area contributed by atoms with E-state index in [2.05, 4.69) is 46.5 Å². The van der Waals surface area contributed by atoms with Gasteiger partial charge in [0.2, 0.25) is 5.90 Å². The molecule has 1 N–H and O–H groups in total. The van der Waals surface area contributed by atoms with Crippen LogP contribution in [0, 0.1) is 0 Å². The van der Waals surface area contributed by atoms with Crippen LogP contribution in [-0.2, 0) is 20.4 Å². The number of aliphatic imine (C=N–C) groups is 1. The predicted octanol–water partition coefficient (Wildman–Crippen LogP) is 6.48. The Balaban J connectivity index is 1.83. The fourth-order valence-electron chi connectivity index (χ4n) is 3.98. The zero-order chi connectivity index (χ0) is 23.3. The molecule has 0 fully saturated rings. The van der Waals surface area contributed by atoms with Gasteiger partial charge >= 0.3 is 5.97 Å². The van der Waals surface area contributed by atoms with Gasteiger partial charge in [0, 0.05) is 16.7 Å². The van der Waals surface area contributed by atoms with Gasteiger partial charge in [0.1, 0.15) is 5.75 Å². The van der Waals surface area contributed by atoms with Crippen LogP contribution in [0.1, 0.15) is 63.8 Å². The number of carbonyl (C=O) groups is 1. The van der Waals surface area contributed by atoms with Gasteiger partial charge in [-0.25, -0.2) is 9.79 Å². The molecular formula is C28H29NO3. The molecule has 32 heavy (non-hydrogen) atoms. The van der Waals surface area contributed by atoms with Crippen LogP contribution in [0.4, 0.5) is 0 Å². The lowest BCUT2D eigenvalue weighted by Gasteiger charge is -2.27. The van der Waals surface area contributed by atoms with Crippen LogP contribution in [0.15, 0.2) is 65.3 Å². The molecular weight excluding hydrogens is 398 g/mol. The predicted molar refractivity (Wildman–Crippen MR) is 130 cm³/mol. The number of esters is 1.